The first kappa shape index (κ1) is 40.1. The van der Waals surface area contributed by atoms with E-state index in [1.54, 1.807) is 0 Å². The van der Waals surface area contributed by atoms with E-state index < -0.39 is 0 Å². The third-order valence-corrected chi connectivity index (χ3v) is 15.1. The van der Waals surface area contributed by atoms with Crippen molar-refractivity contribution in [3.05, 3.63) is 243 Å². The molecule has 0 unspecified atom stereocenters. The molecule has 3 heterocycles. The molecule has 70 heavy (non-hydrogen) atoms. The third kappa shape index (κ3) is 6.62. The molecule has 0 saturated heterocycles. The van der Waals surface area contributed by atoms with E-state index in [-0.39, 0.29) is 0 Å². The molecule has 0 fully saturated rings. The Morgan fingerprint density at radius 3 is 1.56 bits per heavy atom. The number of fused-ring (bicyclic) bond motifs is 9. The molecule has 0 N–H and O–H groups in total. The highest BCUT2D eigenvalue weighted by Gasteiger charge is 2.22. The molecule has 0 aliphatic rings. The lowest BCUT2D eigenvalue weighted by atomic mass is 9.90. The van der Waals surface area contributed by atoms with E-state index in [0.717, 1.165) is 60.4 Å². The fraction of sp³-hybridized carbons (Fsp3) is 0. The van der Waals surface area contributed by atoms with Gasteiger partial charge in [0.2, 0.25) is 5.95 Å². The fourth-order valence-corrected chi connectivity index (χ4v) is 11.8. The van der Waals surface area contributed by atoms with Gasteiger partial charge in [-0.25, -0.2) is 4.98 Å². The van der Waals surface area contributed by atoms with E-state index in [0.29, 0.717) is 17.6 Å². The summed E-state index contributed by atoms with van der Waals surface area (Å²) in [6, 6.07) is 87.0. The van der Waals surface area contributed by atoms with Crippen LogP contribution in [0.1, 0.15) is 0 Å². The van der Waals surface area contributed by atoms with E-state index >= 15 is 0 Å². The average Bonchev–Trinajstić information content (AvgIpc) is 3.99. The van der Waals surface area contributed by atoms with Crippen LogP contribution in [0.2, 0.25) is 0 Å². The van der Waals surface area contributed by atoms with Crippen LogP contribution < -0.4 is 0 Å². The van der Waals surface area contributed by atoms with Crippen molar-refractivity contribution in [2.24, 2.45) is 0 Å². The van der Waals surface area contributed by atoms with E-state index in [1.807, 2.05) is 11.3 Å². The van der Waals surface area contributed by atoms with E-state index in [9.17, 15) is 0 Å². The second-order valence-electron chi connectivity index (χ2n) is 17.9. The van der Waals surface area contributed by atoms with Crippen molar-refractivity contribution in [3.8, 4) is 73.2 Å². The van der Waals surface area contributed by atoms with Gasteiger partial charge in [-0.2, -0.15) is 9.97 Å². The van der Waals surface area contributed by atoms with Crippen molar-refractivity contribution < 1.29 is 0 Å². The molecule has 5 heteroatoms. The zero-order chi connectivity index (χ0) is 46.1. The van der Waals surface area contributed by atoms with Crippen molar-refractivity contribution >= 4 is 74.9 Å². The number of hydrogen-bond donors (Lipinski definition) is 0. The molecule has 0 amide bonds. The smallest absolute Gasteiger partial charge is 0.238 e. The van der Waals surface area contributed by atoms with Crippen molar-refractivity contribution in [3.63, 3.8) is 0 Å². The number of para-hydroxylation sites is 1. The Morgan fingerprint density at radius 2 is 0.814 bits per heavy atom. The first-order chi connectivity index (χ1) is 34.7. The van der Waals surface area contributed by atoms with E-state index in [1.165, 1.54) is 58.8 Å². The molecule has 0 aliphatic heterocycles. The summed E-state index contributed by atoms with van der Waals surface area (Å²) in [6.45, 7) is 0. The Balaban J connectivity index is 0.962. The monoisotopic (exact) mass is 908 g/mol. The Morgan fingerprint density at radius 1 is 0.300 bits per heavy atom. The molecule has 0 radical (unpaired) electrons. The summed E-state index contributed by atoms with van der Waals surface area (Å²) in [5.74, 6) is 1.82. The normalized spacial score (nSPS) is 11.7. The Hall–Kier alpha value is -9.03. The van der Waals surface area contributed by atoms with Gasteiger partial charge < -0.3 is 0 Å². The summed E-state index contributed by atoms with van der Waals surface area (Å²) in [7, 11) is 0. The van der Waals surface area contributed by atoms with Crippen LogP contribution in [-0.4, -0.2) is 19.5 Å². The number of hydrogen-bond acceptors (Lipinski definition) is 4. The maximum atomic E-state index is 5.49. The number of aromatic nitrogens is 4. The van der Waals surface area contributed by atoms with Crippen LogP contribution in [0.4, 0.5) is 0 Å². The van der Waals surface area contributed by atoms with Gasteiger partial charge >= 0.3 is 0 Å². The van der Waals surface area contributed by atoms with Crippen LogP contribution in [0, 0.1) is 0 Å². The second kappa shape index (κ2) is 16.3. The van der Waals surface area contributed by atoms with Crippen molar-refractivity contribution in [2.75, 3.05) is 0 Å². The molecular formula is C65H40N4S. The standard InChI is InChI=1S/C65H40N4S/c1-3-17-41(18-4-1)46-38-47(42-19-5-2-6-20-42)40-48(39-46)44-23-15-24-45(37-44)50-33-34-56(52-27-10-9-26-51(50)52)64-66-63(55-30-16-22-43-21-7-8-25-49(43)55)67-65(68-64)69-58-31-13-11-29-57(58)61-59(69)36-35-54-53-28-12-14-32-60(53)70-62(54)61/h1-40H. The van der Waals surface area contributed by atoms with Gasteiger partial charge in [-0.15, -0.1) is 11.3 Å². The van der Waals surface area contributed by atoms with E-state index in [2.05, 4.69) is 247 Å². The SMILES string of the molecule is c1ccc(-c2cc(-c3ccccc3)cc(-c3cccc(-c4ccc(-c5nc(-c6cccc7ccccc67)nc(-n6c7ccccc7c7c8sc9ccccc9c8ccc76)n5)c5ccccc45)c3)c2)cc1. The van der Waals surface area contributed by atoms with Gasteiger partial charge in [-0.1, -0.05) is 194 Å². The summed E-state index contributed by atoms with van der Waals surface area (Å²) >= 11 is 1.85. The molecule has 11 aromatic carbocycles. The molecule has 0 spiro atoms. The summed E-state index contributed by atoms with van der Waals surface area (Å²) in [6.07, 6.45) is 0. The van der Waals surface area contributed by atoms with Crippen LogP contribution in [0.3, 0.4) is 0 Å². The van der Waals surface area contributed by atoms with Gasteiger partial charge in [-0.3, -0.25) is 4.57 Å². The molecule has 0 aliphatic carbocycles. The minimum atomic E-state index is 0.577. The van der Waals surface area contributed by atoms with Gasteiger partial charge in [0, 0.05) is 42.1 Å². The molecule has 0 atom stereocenters. The minimum absolute atomic E-state index is 0.577. The first-order valence-electron chi connectivity index (χ1n) is 23.7. The zero-order valence-electron chi connectivity index (χ0n) is 37.8. The molecule has 326 valence electrons. The van der Waals surface area contributed by atoms with Crippen LogP contribution in [0.15, 0.2) is 243 Å². The van der Waals surface area contributed by atoms with Crippen molar-refractivity contribution in [1.29, 1.82) is 0 Å². The zero-order valence-corrected chi connectivity index (χ0v) is 38.6. The lowest BCUT2D eigenvalue weighted by molar-refractivity contribution is 0.955. The molecule has 0 bridgehead atoms. The highest BCUT2D eigenvalue weighted by molar-refractivity contribution is 7.26. The van der Waals surface area contributed by atoms with E-state index in [4.69, 9.17) is 15.0 Å². The quantitative estimate of drug-likeness (QED) is 0.160. The van der Waals surface area contributed by atoms with Gasteiger partial charge in [0.15, 0.2) is 11.6 Å². The number of benzene rings is 11. The summed E-state index contributed by atoms with van der Waals surface area (Å²) < 4.78 is 4.79. The highest BCUT2D eigenvalue weighted by Crippen LogP contribution is 2.44. The lowest BCUT2D eigenvalue weighted by Gasteiger charge is -2.15. The molecular weight excluding hydrogens is 869 g/mol. The summed E-state index contributed by atoms with van der Waals surface area (Å²) in [4.78, 5) is 16.3. The number of nitrogens with zero attached hydrogens (tertiary/aromatic N) is 4. The van der Waals surface area contributed by atoms with Gasteiger partial charge in [0.05, 0.1) is 11.0 Å². The lowest BCUT2D eigenvalue weighted by Crippen LogP contribution is -2.07. The molecule has 14 aromatic rings. The first-order valence-corrected chi connectivity index (χ1v) is 24.5. The van der Waals surface area contributed by atoms with Gasteiger partial charge in [-0.05, 0) is 115 Å². The molecule has 4 nitrogen and oxygen atoms in total. The third-order valence-electron chi connectivity index (χ3n) is 13.9. The number of thiophene rings is 1. The molecule has 14 rings (SSSR count). The van der Waals surface area contributed by atoms with Crippen LogP contribution in [0.5, 0.6) is 0 Å². The number of rotatable bonds is 7. The summed E-state index contributed by atoms with van der Waals surface area (Å²) in [5.41, 5.74) is 13.4. The molecule has 3 aromatic heterocycles. The Bertz CT molecular complexity index is 4300. The van der Waals surface area contributed by atoms with Crippen molar-refractivity contribution in [2.45, 2.75) is 0 Å². The summed E-state index contributed by atoms with van der Waals surface area (Å²) in [5, 5.41) is 9.33. The van der Waals surface area contributed by atoms with Gasteiger partial charge in [0.1, 0.15) is 0 Å². The predicted octanol–water partition coefficient (Wildman–Crippen LogP) is 17.6. The average molecular weight is 909 g/mol. The van der Waals surface area contributed by atoms with Crippen LogP contribution in [-0.2, 0) is 0 Å². The van der Waals surface area contributed by atoms with Crippen molar-refractivity contribution in [1.82, 2.24) is 19.5 Å². The van der Waals surface area contributed by atoms with Crippen LogP contribution >= 0.6 is 11.3 Å². The topological polar surface area (TPSA) is 43.6 Å². The Labute approximate surface area is 408 Å². The second-order valence-corrected chi connectivity index (χ2v) is 19.0. The van der Waals surface area contributed by atoms with Gasteiger partial charge in [0.25, 0.3) is 0 Å². The maximum absolute atomic E-state index is 5.49. The molecule has 0 saturated carbocycles. The van der Waals surface area contributed by atoms with Crippen LogP contribution in [0.25, 0.3) is 137 Å². The highest BCUT2D eigenvalue weighted by atomic mass is 32.1. The Kier molecular flexibility index (Phi) is 9.36. The largest absolute Gasteiger partial charge is 0.278 e. The maximum Gasteiger partial charge on any atom is 0.238 e. The minimum Gasteiger partial charge on any atom is -0.278 e. The predicted molar refractivity (Wildman–Crippen MR) is 295 cm³/mol. The fourth-order valence-electron chi connectivity index (χ4n) is 10.6.